The number of ether oxygens (including phenoxy) is 2. The SMILES string of the molecule is COc1ccc2nc(N3C(=O)C(=O)C(=C(O)c4ccc5c(c4)C[C@H](C)O5)[C@H]3c3ccc(Cl)cc3)sc2c1. The van der Waals surface area contributed by atoms with E-state index in [4.69, 9.17) is 21.1 Å². The van der Waals surface area contributed by atoms with Crippen molar-refractivity contribution in [3.8, 4) is 11.5 Å². The van der Waals surface area contributed by atoms with Crippen LogP contribution in [-0.2, 0) is 16.0 Å². The molecule has 0 radical (unpaired) electrons. The number of aliphatic hydroxyl groups is 1. The number of anilines is 1. The fourth-order valence-corrected chi connectivity index (χ4v) is 5.98. The highest BCUT2D eigenvalue weighted by molar-refractivity contribution is 7.22. The standard InChI is InChI=1S/C28H21ClN2O5S/c1-14-11-17-12-16(5-10-21(17)36-14)25(32)23-24(15-3-6-18(29)7-4-15)31(27(34)26(23)33)28-30-20-9-8-19(35-2)13-22(20)37-28/h3-10,12-14,24,32H,11H2,1-2H3/t14-,24+/m0/s1. The van der Waals surface area contributed by atoms with Gasteiger partial charge in [-0.2, -0.15) is 0 Å². The molecule has 0 saturated carbocycles. The number of methoxy groups -OCH3 is 1. The van der Waals surface area contributed by atoms with Crippen molar-refractivity contribution < 1.29 is 24.2 Å². The average Bonchev–Trinajstić information content (AvgIpc) is 3.55. The Morgan fingerprint density at radius 1 is 1.14 bits per heavy atom. The maximum atomic E-state index is 13.5. The number of aliphatic hydroxyl groups excluding tert-OH is 1. The number of hydrogen-bond donors (Lipinski definition) is 1. The summed E-state index contributed by atoms with van der Waals surface area (Å²) in [7, 11) is 1.58. The van der Waals surface area contributed by atoms with E-state index < -0.39 is 17.7 Å². The summed E-state index contributed by atoms with van der Waals surface area (Å²) < 4.78 is 11.9. The molecule has 3 aromatic carbocycles. The highest BCUT2D eigenvalue weighted by atomic mass is 35.5. The Kier molecular flexibility index (Phi) is 5.66. The molecule has 186 valence electrons. The van der Waals surface area contributed by atoms with Gasteiger partial charge in [0.05, 0.1) is 28.9 Å². The zero-order chi connectivity index (χ0) is 25.8. The first-order valence-electron chi connectivity index (χ1n) is 11.6. The molecule has 1 fully saturated rings. The van der Waals surface area contributed by atoms with Crippen LogP contribution in [0, 0.1) is 0 Å². The molecule has 37 heavy (non-hydrogen) atoms. The van der Waals surface area contributed by atoms with Crippen LogP contribution in [0.1, 0.15) is 29.7 Å². The van der Waals surface area contributed by atoms with Crippen LogP contribution in [-0.4, -0.2) is 35.0 Å². The predicted molar refractivity (Wildman–Crippen MR) is 143 cm³/mol. The van der Waals surface area contributed by atoms with Gasteiger partial charge in [-0.05, 0) is 66.6 Å². The summed E-state index contributed by atoms with van der Waals surface area (Å²) in [5, 5.41) is 12.3. The van der Waals surface area contributed by atoms with Crippen LogP contribution >= 0.6 is 22.9 Å². The van der Waals surface area contributed by atoms with Crippen LogP contribution in [0.5, 0.6) is 11.5 Å². The van der Waals surface area contributed by atoms with Gasteiger partial charge in [0.2, 0.25) is 0 Å². The van der Waals surface area contributed by atoms with Crippen molar-refractivity contribution in [2.24, 2.45) is 0 Å². The third-order valence-electron chi connectivity index (χ3n) is 6.59. The number of rotatable bonds is 4. The Morgan fingerprint density at radius 2 is 1.92 bits per heavy atom. The number of amides is 1. The summed E-state index contributed by atoms with van der Waals surface area (Å²) in [4.78, 5) is 32.9. The fraction of sp³-hybridized carbons (Fsp3) is 0.179. The van der Waals surface area contributed by atoms with Gasteiger partial charge in [0.15, 0.2) is 5.13 Å². The molecule has 1 aromatic heterocycles. The topological polar surface area (TPSA) is 89.0 Å². The highest BCUT2D eigenvalue weighted by Gasteiger charge is 2.48. The lowest BCUT2D eigenvalue weighted by molar-refractivity contribution is -0.132. The van der Waals surface area contributed by atoms with E-state index >= 15 is 0 Å². The van der Waals surface area contributed by atoms with Crippen molar-refractivity contribution in [1.82, 2.24) is 4.98 Å². The Morgan fingerprint density at radius 3 is 2.68 bits per heavy atom. The molecule has 0 aliphatic carbocycles. The van der Waals surface area contributed by atoms with Crippen LogP contribution in [0.4, 0.5) is 5.13 Å². The molecule has 0 bridgehead atoms. The summed E-state index contributed by atoms with van der Waals surface area (Å²) >= 11 is 7.40. The maximum absolute atomic E-state index is 13.5. The lowest BCUT2D eigenvalue weighted by Gasteiger charge is -2.23. The second-order valence-corrected chi connectivity index (χ2v) is 10.5. The number of benzene rings is 3. The van der Waals surface area contributed by atoms with Crippen molar-refractivity contribution >= 4 is 55.7 Å². The fourth-order valence-electron chi connectivity index (χ4n) is 4.84. The van der Waals surface area contributed by atoms with Gasteiger partial charge in [0.1, 0.15) is 23.4 Å². The van der Waals surface area contributed by atoms with Gasteiger partial charge in [-0.15, -0.1) is 0 Å². The largest absolute Gasteiger partial charge is 0.507 e. The number of Topliss-reactive ketones (excluding diaryl/α,β-unsaturated/α-hetero) is 1. The second kappa shape index (κ2) is 8.90. The first-order chi connectivity index (χ1) is 17.8. The van der Waals surface area contributed by atoms with E-state index in [1.165, 1.54) is 16.2 Å². The van der Waals surface area contributed by atoms with E-state index in [0.717, 1.165) is 16.0 Å². The molecule has 4 aromatic rings. The van der Waals surface area contributed by atoms with Crippen molar-refractivity contribution in [1.29, 1.82) is 0 Å². The number of thiazole rings is 1. The molecule has 2 atom stereocenters. The van der Waals surface area contributed by atoms with Gasteiger partial charge >= 0.3 is 5.91 Å². The minimum atomic E-state index is -0.886. The number of ketones is 1. The van der Waals surface area contributed by atoms with Crippen LogP contribution in [0.2, 0.25) is 5.02 Å². The first-order valence-corrected chi connectivity index (χ1v) is 12.8. The lowest BCUT2D eigenvalue weighted by atomic mass is 9.94. The van der Waals surface area contributed by atoms with Gasteiger partial charge in [-0.1, -0.05) is 35.1 Å². The predicted octanol–water partition coefficient (Wildman–Crippen LogP) is 5.91. The number of hydrogen-bond acceptors (Lipinski definition) is 7. The molecule has 6 rings (SSSR count). The number of aromatic nitrogens is 1. The van der Waals surface area contributed by atoms with E-state index in [1.807, 2.05) is 19.1 Å². The molecular weight excluding hydrogens is 512 g/mol. The van der Waals surface area contributed by atoms with Crippen LogP contribution in [0.15, 0.2) is 66.2 Å². The van der Waals surface area contributed by atoms with Gasteiger partial charge in [-0.25, -0.2) is 4.98 Å². The number of carbonyl (C=O) groups is 2. The molecule has 2 aliphatic heterocycles. The molecule has 0 spiro atoms. The van der Waals surface area contributed by atoms with E-state index in [1.54, 1.807) is 55.6 Å². The molecule has 1 saturated heterocycles. The van der Waals surface area contributed by atoms with Crippen LogP contribution in [0.3, 0.4) is 0 Å². The monoisotopic (exact) mass is 532 g/mol. The van der Waals surface area contributed by atoms with Crippen molar-refractivity contribution in [2.75, 3.05) is 12.0 Å². The average molecular weight is 533 g/mol. The molecule has 2 aliphatic rings. The minimum Gasteiger partial charge on any atom is -0.507 e. The summed E-state index contributed by atoms with van der Waals surface area (Å²) in [6.07, 6.45) is 0.727. The highest BCUT2D eigenvalue weighted by Crippen LogP contribution is 2.45. The van der Waals surface area contributed by atoms with Crippen LogP contribution in [0.25, 0.3) is 16.0 Å². The minimum absolute atomic E-state index is 0.00364. The molecule has 9 heteroatoms. The normalized spacial score (nSPS) is 20.4. The third-order valence-corrected chi connectivity index (χ3v) is 7.86. The zero-order valence-corrected chi connectivity index (χ0v) is 21.5. The summed E-state index contributed by atoms with van der Waals surface area (Å²) in [5.41, 5.74) is 2.68. The number of halogens is 1. The molecule has 3 heterocycles. The summed E-state index contributed by atoms with van der Waals surface area (Å²) in [6, 6.07) is 16.7. The Hall–Kier alpha value is -3.88. The summed E-state index contributed by atoms with van der Waals surface area (Å²) in [6.45, 7) is 1.97. The first kappa shape index (κ1) is 23.5. The Balaban J connectivity index is 1.52. The van der Waals surface area contributed by atoms with Crippen molar-refractivity contribution in [3.05, 3.63) is 87.9 Å². The zero-order valence-electron chi connectivity index (χ0n) is 19.9. The van der Waals surface area contributed by atoms with Crippen molar-refractivity contribution in [3.63, 3.8) is 0 Å². The van der Waals surface area contributed by atoms with E-state index in [9.17, 15) is 14.7 Å². The number of fused-ring (bicyclic) bond motifs is 2. The molecule has 1 amide bonds. The van der Waals surface area contributed by atoms with Gasteiger partial charge in [-0.3, -0.25) is 14.5 Å². The van der Waals surface area contributed by atoms with E-state index in [2.05, 4.69) is 4.98 Å². The maximum Gasteiger partial charge on any atom is 0.301 e. The lowest BCUT2D eigenvalue weighted by Crippen LogP contribution is -2.29. The van der Waals surface area contributed by atoms with Gasteiger partial charge in [0.25, 0.3) is 5.78 Å². The van der Waals surface area contributed by atoms with Gasteiger partial charge < -0.3 is 14.6 Å². The molecule has 1 N–H and O–H groups in total. The molecule has 7 nitrogen and oxygen atoms in total. The van der Waals surface area contributed by atoms with Crippen molar-refractivity contribution in [2.45, 2.75) is 25.5 Å². The van der Waals surface area contributed by atoms with Crippen LogP contribution < -0.4 is 14.4 Å². The van der Waals surface area contributed by atoms with E-state index in [0.29, 0.717) is 39.0 Å². The summed E-state index contributed by atoms with van der Waals surface area (Å²) in [5.74, 6) is -0.367. The third kappa shape index (κ3) is 3.93. The molecule has 0 unspecified atom stereocenters. The molecular formula is C28H21ClN2O5S. The number of carbonyl (C=O) groups excluding carboxylic acids is 2. The second-order valence-electron chi connectivity index (χ2n) is 9.01. The Labute approximate surface area is 221 Å². The quantitative estimate of drug-likeness (QED) is 0.200. The Bertz CT molecular complexity index is 1610. The van der Waals surface area contributed by atoms with Gasteiger partial charge in [0, 0.05) is 17.0 Å². The smallest absolute Gasteiger partial charge is 0.301 e. The number of nitrogens with zero attached hydrogens (tertiary/aromatic N) is 2. The van der Waals surface area contributed by atoms with E-state index in [-0.39, 0.29) is 17.4 Å².